The van der Waals surface area contributed by atoms with Crippen molar-refractivity contribution in [1.82, 2.24) is 10.2 Å². The van der Waals surface area contributed by atoms with Crippen LogP contribution in [0.4, 0.5) is 5.69 Å². The van der Waals surface area contributed by atoms with Crippen LogP contribution in [0, 0.1) is 5.92 Å². The molecule has 2 amide bonds. The fourth-order valence-electron chi connectivity index (χ4n) is 4.72. The van der Waals surface area contributed by atoms with E-state index in [2.05, 4.69) is 36.2 Å². The third kappa shape index (κ3) is 8.81. The van der Waals surface area contributed by atoms with E-state index in [0.29, 0.717) is 18.0 Å². The highest BCUT2D eigenvalue weighted by atomic mass is 16.2. The Labute approximate surface area is 211 Å². The first-order valence-electron chi connectivity index (χ1n) is 13.4. The number of benzene rings is 2. The molecular weight excluding hydrogens is 434 g/mol. The minimum absolute atomic E-state index is 0.0575. The van der Waals surface area contributed by atoms with Crippen molar-refractivity contribution in [2.24, 2.45) is 5.92 Å². The fraction of sp³-hybridized carbons (Fsp3) is 0.533. The van der Waals surface area contributed by atoms with E-state index in [1.165, 1.54) is 24.8 Å². The highest BCUT2D eigenvalue weighted by molar-refractivity contribution is 5.97. The smallest absolute Gasteiger partial charge is 0.251 e. The van der Waals surface area contributed by atoms with E-state index in [1.54, 1.807) is 6.92 Å². The molecule has 0 fully saturated rings. The first-order chi connectivity index (χ1) is 16.9. The summed E-state index contributed by atoms with van der Waals surface area (Å²) >= 11 is 0. The van der Waals surface area contributed by atoms with Gasteiger partial charge in [-0.1, -0.05) is 63.4 Å². The molecule has 0 saturated carbocycles. The molecule has 1 N–H and O–H groups in total. The molecule has 1 heterocycles. The normalized spacial score (nSPS) is 15.7. The van der Waals surface area contributed by atoms with Crippen LogP contribution in [0.25, 0.3) is 0 Å². The van der Waals surface area contributed by atoms with Crippen LogP contribution in [0.3, 0.4) is 0 Å². The topological polar surface area (TPSA) is 52.7 Å². The molecule has 1 aliphatic heterocycles. The van der Waals surface area contributed by atoms with Crippen molar-refractivity contribution in [2.75, 3.05) is 31.1 Å². The summed E-state index contributed by atoms with van der Waals surface area (Å²) in [6, 6.07) is 16.1. The Morgan fingerprint density at radius 1 is 0.943 bits per heavy atom. The van der Waals surface area contributed by atoms with Crippen LogP contribution in [0.15, 0.2) is 48.5 Å². The summed E-state index contributed by atoms with van der Waals surface area (Å²) in [4.78, 5) is 30.0. The fourth-order valence-corrected chi connectivity index (χ4v) is 4.72. The van der Waals surface area contributed by atoms with Crippen LogP contribution in [0.5, 0.6) is 0 Å². The van der Waals surface area contributed by atoms with Crippen LogP contribution in [-0.4, -0.2) is 42.9 Å². The zero-order valence-electron chi connectivity index (χ0n) is 21.9. The molecule has 0 saturated heterocycles. The Morgan fingerprint density at radius 2 is 1.66 bits per heavy atom. The molecule has 3 rings (SSSR count). The van der Waals surface area contributed by atoms with E-state index in [4.69, 9.17) is 0 Å². The van der Waals surface area contributed by atoms with Crippen molar-refractivity contribution in [1.29, 1.82) is 0 Å². The van der Waals surface area contributed by atoms with Gasteiger partial charge >= 0.3 is 0 Å². The second-order valence-corrected chi connectivity index (χ2v) is 10.2. The average molecular weight is 478 g/mol. The number of hydrogen-bond acceptors (Lipinski definition) is 3. The third-order valence-corrected chi connectivity index (χ3v) is 6.83. The van der Waals surface area contributed by atoms with Gasteiger partial charge in [0.1, 0.15) is 0 Å². The largest absolute Gasteiger partial charge is 0.352 e. The van der Waals surface area contributed by atoms with Crippen molar-refractivity contribution >= 4 is 17.5 Å². The number of amides is 2. The van der Waals surface area contributed by atoms with Gasteiger partial charge in [-0.15, -0.1) is 0 Å². The molecule has 2 aromatic rings. The lowest BCUT2D eigenvalue weighted by molar-refractivity contribution is -0.116. The predicted octanol–water partition coefficient (Wildman–Crippen LogP) is 5.82. The zero-order chi connectivity index (χ0) is 25.0. The Kier molecular flexibility index (Phi) is 10.8. The summed E-state index contributed by atoms with van der Waals surface area (Å²) in [5.41, 5.74) is 3.90. The summed E-state index contributed by atoms with van der Waals surface area (Å²) in [5, 5.41) is 3.08. The van der Waals surface area contributed by atoms with Crippen molar-refractivity contribution < 1.29 is 9.59 Å². The SMILES string of the molecule is CC(=O)N1CCCCCCCN(CCC(C)C)Cc2cc(C(=O)NCCc3ccccc3)ccc21. The van der Waals surface area contributed by atoms with Crippen molar-refractivity contribution in [3.05, 3.63) is 65.2 Å². The number of rotatable bonds is 7. The van der Waals surface area contributed by atoms with Gasteiger partial charge in [0, 0.05) is 37.8 Å². The summed E-state index contributed by atoms with van der Waals surface area (Å²) in [7, 11) is 0. The Balaban J connectivity index is 1.81. The molecule has 0 aliphatic carbocycles. The monoisotopic (exact) mass is 477 g/mol. The van der Waals surface area contributed by atoms with Crippen LogP contribution >= 0.6 is 0 Å². The molecule has 5 heteroatoms. The van der Waals surface area contributed by atoms with Gasteiger partial charge in [-0.05, 0) is 74.0 Å². The standard InChI is InChI=1S/C30H43N3O2/c1-24(2)17-21-32-19-10-5-4-6-11-20-33(25(3)34)29-15-14-27(22-28(29)23-32)30(35)31-18-16-26-12-8-7-9-13-26/h7-9,12-15,22,24H,4-6,10-11,16-21,23H2,1-3H3,(H,31,35). The molecule has 0 unspecified atom stereocenters. The van der Waals surface area contributed by atoms with E-state index in [1.807, 2.05) is 41.3 Å². The van der Waals surface area contributed by atoms with E-state index in [9.17, 15) is 9.59 Å². The van der Waals surface area contributed by atoms with E-state index < -0.39 is 0 Å². The Hall–Kier alpha value is -2.66. The molecular formula is C30H43N3O2. The second-order valence-electron chi connectivity index (χ2n) is 10.2. The summed E-state index contributed by atoms with van der Waals surface area (Å²) in [6.45, 7) is 10.4. The minimum Gasteiger partial charge on any atom is -0.352 e. The van der Waals surface area contributed by atoms with Gasteiger partial charge in [0.2, 0.25) is 5.91 Å². The number of fused-ring (bicyclic) bond motifs is 1. The third-order valence-electron chi connectivity index (χ3n) is 6.83. The van der Waals surface area contributed by atoms with Gasteiger partial charge in [-0.3, -0.25) is 14.5 Å². The first kappa shape index (κ1) is 26.9. The van der Waals surface area contributed by atoms with Crippen LogP contribution in [0.2, 0.25) is 0 Å². The molecule has 1 aliphatic rings. The highest BCUT2D eigenvalue weighted by Crippen LogP contribution is 2.26. The maximum Gasteiger partial charge on any atom is 0.251 e. The lowest BCUT2D eigenvalue weighted by Crippen LogP contribution is -2.33. The maximum absolute atomic E-state index is 13.0. The number of hydrogen-bond donors (Lipinski definition) is 1. The van der Waals surface area contributed by atoms with Gasteiger partial charge in [-0.25, -0.2) is 0 Å². The number of nitrogens with one attached hydrogen (secondary N) is 1. The molecule has 2 aromatic carbocycles. The van der Waals surface area contributed by atoms with Gasteiger partial charge in [0.05, 0.1) is 0 Å². The van der Waals surface area contributed by atoms with E-state index in [0.717, 1.165) is 63.1 Å². The number of nitrogens with zero attached hydrogens (tertiary/aromatic N) is 2. The molecule has 35 heavy (non-hydrogen) atoms. The van der Waals surface area contributed by atoms with Gasteiger partial charge in [-0.2, -0.15) is 0 Å². The maximum atomic E-state index is 13.0. The Morgan fingerprint density at radius 3 is 2.37 bits per heavy atom. The molecule has 5 nitrogen and oxygen atoms in total. The predicted molar refractivity (Wildman–Crippen MR) is 145 cm³/mol. The second kappa shape index (κ2) is 14.0. The Bertz CT molecular complexity index is 942. The van der Waals surface area contributed by atoms with Crippen LogP contribution in [0.1, 0.15) is 80.8 Å². The van der Waals surface area contributed by atoms with E-state index >= 15 is 0 Å². The van der Waals surface area contributed by atoms with Crippen LogP contribution in [-0.2, 0) is 17.8 Å². The summed E-state index contributed by atoms with van der Waals surface area (Å²) in [5.74, 6) is 0.654. The highest BCUT2D eigenvalue weighted by Gasteiger charge is 2.20. The lowest BCUT2D eigenvalue weighted by Gasteiger charge is -2.29. The van der Waals surface area contributed by atoms with Gasteiger partial charge in [0.15, 0.2) is 0 Å². The molecule has 190 valence electrons. The molecule has 0 aromatic heterocycles. The van der Waals surface area contributed by atoms with Crippen LogP contribution < -0.4 is 10.2 Å². The van der Waals surface area contributed by atoms with Crippen molar-refractivity contribution in [3.8, 4) is 0 Å². The molecule has 0 atom stereocenters. The van der Waals surface area contributed by atoms with Gasteiger partial charge in [0.25, 0.3) is 5.91 Å². The molecule has 0 spiro atoms. The quantitative estimate of drug-likeness (QED) is 0.546. The summed E-state index contributed by atoms with van der Waals surface area (Å²) < 4.78 is 0. The summed E-state index contributed by atoms with van der Waals surface area (Å²) in [6.07, 6.45) is 7.76. The number of carbonyl (C=O) groups is 2. The van der Waals surface area contributed by atoms with E-state index in [-0.39, 0.29) is 11.8 Å². The average Bonchev–Trinajstić information content (AvgIpc) is 2.83. The minimum atomic E-state index is -0.0575. The van der Waals surface area contributed by atoms with Crippen molar-refractivity contribution in [2.45, 2.75) is 72.3 Å². The number of carbonyl (C=O) groups excluding carboxylic acids is 2. The zero-order valence-corrected chi connectivity index (χ0v) is 21.9. The number of anilines is 1. The van der Waals surface area contributed by atoms with Crippen molar-refractivity contribution in [3.63, 3.8) is 0 Å². The van der Waals surface area contributed by atoms with Gasteiger partial charge < -0.3 is 10.2 Å². The first-order valence-corrected chi connectivity index (χ1v) is 13.4. The molecule has 0 radical (unpaired) electrons. The lowest BCUT2D eigenvalue weighted by atomic mass is 10.0. The molecule has 0 bridgehead atoms.